The van der Waals surface area contributed by atoms with E-state index in [2.05, 4.69) is 20.7 Å². The molecular weight excluding hydrogens is 254 g/mol. The largest absolute Gasteiger partial charge is 0.360 e. The summed E-state index contributed by atoms with van der Waals surface area (Å²) in [7, 11) is 1.69. The van der Waals surface area contributed by atoms with E-state index >= 15 is 0 Å². The fourth-order valence-corrected chi connectivity index (χ4v) is 1.56. The molecule has 0 aliphatic heterocycles. The van der Waals surface area contributed by atoms with E-state index in [0.717, 1.165) is 16.8 Å². The number of aromatic nitrogens is 4. The Kier molecular flexibility index (Phi) is 3.73. The highest BCUT2D eigenvalue weighted by molar-refractivity contribution is 5.66. The summed E-state index contributed by atoms with van der Waals surface area (Å²) in [5.74, 6) is 0.514. The number of nitriles is 2. The molecule has 0 saturated heterocycles. The Morgan fingerprint density at radius 1 is 1.35 bits per heavy atom. The molecule has 1 heterocycles. The van der Waals surface area contributed by atoms with Gasteiger partial charge in [-0.15, -0.1) is 10.2 Å². The van der Waals surface area contributed by atoms with E-state index in [1.54, 1.807) is 19.2 Å². The minimum atomic E-state index is 0.00688. The van der Waals surface area contributed by atoms with Gasteiger partial charge in [-0.05, 0) is 23.8 Å². The van der Waals surface area contributed by atoms with Gasteiger partial charge in [0.15, 0.2) is 0 Å². The lowest BCUT2D eigenvalue weighted by molar-refractivity contribution is 0.630. The minimum Gasteiger partial charge on any atom is -0.360 e. The van der Waals surface area contributed by atoms with Gasteiger partial charge in [0.1, 0.15) is 17.7 Å². The average Bonchev–Trinajstić information content (AvgIpc) is 2.88. The molecule has 0 fully saturated rings. The lowest BCUT2D eigenvalue weighted by atomic mass is 10.1. The lowest BCUT2D eigenvalue weighted by Gasteiger charge is -2.06. The maximum atomic E-state index is 8.70. The van der Waals surface area contributed by atoms with Crippen molar-refractivity contribution in [2.75, 3.05) is 5.32 Å². The number of aryl methyl sites for hydroxylation is 2. The predicted molar refractivity (Wildman–Crippen MR) is 71.9 cm³/mol. The van der Waals surface area contributed by atoms with E-state index < -0.39 is 0 Å². The summed E-state index contributed by atoms with van der Waals surface area (Å²) in [6.07, 6.45) is 1.37. The van der Waals surface area contributed by atoms with Crippen molar-refractivity contribution < 1.29 is 0 Å². The van der Waals surface area contributed by atoms with Crippen molar-refractivity contribution in [1.29, 1.82) is 10.5 Å². The SMILES string of the molecule is Cc1ccc(-c2nnn(C)n2)cc1NC=C(C#N)C#N. The van der Waals surface area contributed by atoms with Crippen LogP contribution in [0.4, 0.5) is 5.69 Å². The van der Waals surface area contributed by atoms with Gasteiger partial charge >= 0.3 is 0 Å². The Balaban J connectivity index is 2.33. The molecule has 0 spiro atoms. The van der Waals surface area contributed by atoms with E-state index in [1.165, 1.54) is 11.0 Å². The third-order valence-corrected chi connectivity index (χ3v) is 2.62. The first-order valence-corrected chi connectivity index (χ1v) is 5.76. The molecule has 0 saturated carbocycles. The highest BCUT2D eigenvalue weighted by Crippen LogP contribution is 2.22. The van der Waals surface area contributed by atoms with Gasteiger partial charge in [0.2, 0.25) is 5.82 Å². The van der Waals surface area contributed by atoms with Crippen molar-refractivity contribution in [3.8, 4) is 23.5 Å². The van der Waals surface area contributed by atoms with E-state index in [1.807, 2.05) is 25.1 Å². The summed E-state index contributed by atoms with van der Waals surface area (Å²) >= 11 is 0. The third kappa shape index (κ3) is 2.79. The lowest BCUT2D eigenvalue weighted by Crippen LogP contribution is -1.94. The molecular formula is C13H11N7. The molecule has 2 rings (SSSR count). The summed E-state index contributed by atoms with van der Waals surface area (Å²) in [5.41, 5.74) is 2.56. The predicted octanol–water partition coefficient (Wildman–Crippen LogP) is 1.53. The van der Waals surface area contributed by atoms with Crippen LogP contribution in [0.2, 0.25) is 0 Å². The Hall–Kier alpha value is -3.19. The molecule has 0 atom stereocenters. The van der Waals surface area contributed by atoms with Gasteiger partial charge in [-0.1, -0.05) is 12.1 Å². The van der Waals surface area contributed by atoms with Gasteiger partial charge in [-0.2, -0.15) is 15.3 Å². The van der Waals surface area contributed by atoms with Crippen LogP contribution in [0.15, 0.2) is 30.0 Å². The average molecular weight is 265 g/mol. The van der Waals surface area contributed by atoms with Crippen molar-refractivity contribution >= 4 is 5.69 Å². The molecule has 0 aliphatic rings. The number of anilines is 1. The Morgan fingerprint density at radius 3 is 2.70 bits per heavy atom. The number of nitrogens with zero attached hydrogens (tertiary/aromatic N) is 6. The normalized spacial score (nSPS) is 9.40. The van der Waals surface area contributed by atoms with E-state index in [0.29, 0.717) is 5.82 Å². The molecule has 1 aromatic carbocycles. The number of rotatable bonds is 3. The van der Waals surface area contributed by atoms with Gasteiger partial charge in [0.25, 0.3) is 0 Å². The maximum Gasteiger partial charge on any atom is 0.204 e. The number of allylic oxidation sites excluding steroid dienone is 1. The first kappa shape index (κ1) is 13.2. The molecule has 0 unspecified atom stereocenters. The zero-order valence-electron chi connectivity index (χ0n) is 11.0. The molecule has 7 heteroatoms. The van der Waals surface area contributed by atoms with Crippen molar-refractivity contribution in [3.63, 3.8) is 0 Å². The smallest absolute Gasteiger partial charge is 0.204 e. The van der Waals surface area contributed by atoms with Crippen LogP contribution in [-0.2, 0) is 7.05 Å². The van der Waals surface area contributed by atoms with Crippen LogP contribution >= 0.6 is 0 Å². The number of benzene rings is 1. The van der Waals surface area contributed by atoms with Crippen LogP contribution in [0.5, 0.6) is 0 Å². The highest BCUT2D eigenvalue weighted by atomic mass is 15.6. The van der Waals surface area contributed by atoms with Crippen LogP contribution in [0, 0.1) is 29.6 Å². The fraction of sp³-hybridized carbons (Fsp3) is 0.154. The number of tetrazole rings is 1. The molecule has 7 nitrogen and oxygen atoms in total. The number of hydrogen-bond acceptors (Lipinski definition) is 6. The van der Waals surface area contributed by atoms with Gasteiger partial charge in [-0.25, -0.2) is 0 Å². The van der Waals surface area contributed by atoms with E-state index in [-0.39, 0.29) is 5.57 Å². The number of hydrogen-bond donors (Lipinski definition) is 1. The third-order valence-electron chi connectivity index (χ3n) is 2.62. The van der Waals surface area contributed by atoms with Crippen LogP contribution in [0.1, 0.15) is 5.56 Å². The van der Waals surface area contributed by atoms with Crippen LogP contribution < -0.4 is 5.32 Å². The molecule has 0 aliphatic carbocycles. The van der Waals surface area contributed by atoms with Gasteiger partial charge in [0, 0.05) is 17.5 Å². The molecule has 1 N–H and O–H groups in total. The first-order chi connectivity index (χ1) is 9.63. The van der Waals surface area contributed by atoms with Crippen LogP contribution in [-0.4, -0.2) is 20.2 Å². The summed E-state index contributed by atoms with van der Waals surface area (Å²) in [6, 6.07) is 9.21. The van der Waals surface area contributed by atoms with Crippen molar-refractivity contribution in [3.05, 3.63) is 35.5 Å². The summed E-state index contributed by atoms with van der Waals surface area (Å²) in [6.45, 7) is 1.92. The molecule has 0 bridgehead atoms. The molecule has 20 heavy (non-hydrogen) atoms. The Morgan fingerprint density at radius 2 is 2.10 bits per heavy atom. The molecule has 2 aromatic rings. The summed E-state index contributed by atoms with van der Waals surface area (Å²) in [4.78, 5) is 1.38. The topological polar surface area (TPSA) is 103 Å². The minimum absolute atomic E-state index is 0.00688. The molecule has 0 radical (unpaired) electrons. The first-order valence-electron chi connectivity index (χ1n) is 5.76. The zero-order chi connectivity index (χ0) is 14.5. The second-order valence-corrected chi connectivity index (χ2v) is 4.06. The van der Waals surface area contributed by atoms with Crippen molar-refractivity contribution in [1.82, 2.24) is 20.2 Å². The number of nitrogens with one attached hydrogen (secondary N) is 1. The Labute approximate surface area is 115 Å². The van der Waals surface area contributed by atoms with E-state index in [4.69, 9.17) is 10.5 Å². The summed E-state index contributed by atoms with van der Waals surface area (Å²) in [5, 5.41) is 32.2. The molecule has 0 amide bonds. The van der Waals surface area contributed by atoms with E-state index in [9.17, 15) is 0 Å². The highest BCUT2D eigenvalue weighted by Gasteiger charge is 2.06. The maximum absolute atomic E-state index is 8.70. The van der Waals surface area contributed by atoms with Crippen molar-refractivity contribution in [2.45, 2.75) is 6.92 Å². The standard InChI is InChI=1S/C13H11N7/c1-9-3-4-11(13-17-19-20(2)18-13)5-12(9)16-8-10(6-14)7-15/h3-5,8,16H,1-2H3. The zero-order valence-corrected chi connectivity index (χ0v) is 11.0. The van der Waals surface area contributed by atoms with Gasteiger partial charge < -0.3 is 5.32 Å². The summed E-state index contributed by atoms with van der Waals surface area (Å²) < 4.78 is 0. The second-order valence-electron chi connectivity index (χ2n) is 4.06. The monoisotopic (exact) mass is 265 g/mol. The van der Waals surface area contributed by atoms with Crippen LogP contribution in [0.3, 0.4) is 0 Å². The van der Waals surface area contributed by atoms with Crippen molar-refractivity contribution in [2.24, 2.45) is 7.05 Å². The molecule has 1 aromatic heterocycles. The second kappa shape index (κ2) is 5.63. The fourth-order valence-electron chi connectivity index (χ4n) is 1.56. The quantitative estimate of drug-likeness (QED) is 0.844. The van der Waals surface area contributed by atoms with Crippen LogP contribution in [0.25, 0.3) is 11.4 Å². The molecule has 98 valence electrons. The Bertz CT molecular complexity index is 727. The van der Waals surface area contributed by atoms with Gasteiger partial charge in [0.05, 0.1) is 7.05 Å². The van der Waals surface area contributed by atoms with Gasteiger partial charge in [-0.3, -0.25) is 0 Å².